The predicted molar refractivity (Wildman–Crippen MR) is 77.3 cm³/mol. The summed E-state index contributed by atoms with van der Waals surface area (Å²) < 4.78 is 16.7. The molecule has 1 unspecified atom stereocenters. The van der Waals surface area contributed by atoms with Crippen molar-refractivity contribution in [3.8, 4) is 17.2 Å². The van der Waals surface area contributed by atoms with Crippen molar-refractivity contribution in [1.82, 2.24) is 5.32 Å². The molecule has 0 bridgehead atoms. The van der Waals surface area contributed by atoms with Crippen LogP contribution in [-0.4, -0.2) is 27.9 Å². The third kappa shape index (κ3) is 4.31. The van der Waals surface area contributed by atoms with E-state index in [4.69, 9.17) is 14.2 Å². The monoisotopic (exact) mass is 267 g/mol. The van der Waals surface area contributed by atoms with Crippen LogP contribution in [0.25, 0.3) is 0 Å². The van der Waals surface area contributed by atoms with E-state index in [0.29, 0.717) is 29.8 Å². The van der Waals surface area contributed by atoms with E-state index in [1.165, 1.54) is 0 Å². The van der Waals surface area contributed by atoms with Crippen LogP contribution >= 0.6 is 0 Å². The van der Waals surface area contributed by atoms with Crippen LogP contribution in [0, 0.1) is 5.92 Å². The minimum Gasteiger partial charge on any atom is -0.493 e. The van der Waals surface area contributed by atoms with Gasteiger partial charge < -0.3 is 19.5 Å². The molecule has 1 aromatic rings. The zero-order valence-electron chi connectivity index (χ0n) is 12.6. The maximum Gasteiger partial charge on any atom is 0.203 e. The summed E-state index contributed by atoms with van der Waals surface area (Å²) in [5, 5.41) is 3.11. The van der Waals surface area contributed by atoms with Crippen molar-refractivity contribution in [2.24, 2.45) is 5.92 Å². The van der Waals surface area contributed by atoms with Crippen LogP contribution < -0.4 is 19.5 Å². The molecule has 0 saturated heterocycles. The van der Waals surface area contributed by atoms with E-state index in [1.54, 1.807) is 14.2 Å². The Bertz CT molecular complexity index is 368. The molecule has 0 spiro atoms. The van der Waals surface area contributed by atoms with Gasteiger partial charge in [0.1, 0.15) is 0 Å². The van der Waals surface area contributed by atoms with Gasteiger partial charge in [0.2, 0.25) is 5.75 Å². The minimum absolute atomic E-state index is 0.506. The Morgan fingerprint density at radius 3 is 2.16 bits per heavy atom. The average molecular weight is 267 g/mol. The maximum atomic E-state index is 5.87. The number of benzene rings is 1. The van der Waals surface area contributed by atoms with Crippen LogP contribution in [0.3, 0.4) is 0 Å². The minimum atomic E-state index is 0.506. The van der Waals surface area contributed by atoms with Gasteiger partial charge in [-0.2, -0.15) is 0 Å². The molecule has 1 atom stereocenters. The third-order valence-corrected chi connectivity index (χ3v) is 3.11. The summed E-state index contributed by atoms with van der Waals surface area (Å²) in [6.45, 7) is 5.74. The van der Waals surface area contributed by atoms with Crippen molar-refractivity contribution < 1.29 is 14.2 Å². The van der Waals surface area contributed by atoms with E-state index in [0.717, 1.165) is 18.5 Å². The molecule has 0 amide bonds. The summed E-state index contributed by atoms with van der Waals surface area (Å²) in [6, 6.07) is 3.95. The van der Waals surface area contributed by atoms with E-state index in [1.807, 2.05) is 19.2 Å². The second-order valence-electron chi connectivity index (χ2n) is 4.68. The summed E-state index contributed by atoms with van der Waals surface area (Å²) in [5.74, 6) is 2.62. The van der Waals surface area contributed by atoms with Crippen molar-refractivity contribution >= 4 is 0 Å². The van der Waals surface area contributed by atoms with Crippen molar-refractivity contribution in [3.05, 3.63) is 17.7 Å². The highest BCUT2D eigenvalue weighted by molar-refractivity contribution is 5.53. The smallest absolute Gasteiger partial charge is 0.203 e. The predicted octanol–water partition coefficient (Wildman–Crippen LogP) is 2.85. The fourth-order valence-corrected chi connectivity index (χ4v) is 1.73. The SMILES string of the molecule is CCC(C)COc1c(OC)cc(CNC)cc1OC. The highest BCUT2D eigenvalue weighted by Crippen LogP contribution is 2.38. The topological polar surface area (TPSA) is 39.7 Å². The average Bonchev–Trinajstić information content (AvgIpc) is 2.44. The Kier molecular flexibility index (Phi) is 6.50. The fourth-order valence-electron chi connectivity index (χ4n) is 1.73. The molecule has 0 aliphatic heterocycles. The Morgan fingerprint density at radius 1 is 1.16 bits per heavy atom. The van der Waals surface area contributed by atoms with Gasteiger partial charge >= 0.3 is 0 Å². The molecule has 4 heteroatoms. The molecule has 0 aromatic heterocycles. The lowest BCUT2D eigenvalue weighted by Crippen LogP contribution is -2.10. The van der Waals surface area contributed by atoms with Crippen molar-refractivity contribution in [2.45, 2.75) is 26.8 Å². The Labute approximate surface area is 116 Å². The number of hydrogen-bond donors (Lipinski definition) is 1. The molecule has 0 fully saturated rings. The molecule has 0 aliphatic carbocycles. The second-order valence-corrected chi connectivity index (χ2v) is 4.68. The van der Waals surface area contributed by atoms with Crippen LogP contribution in [0.5, 0.6) is 17.2 Å². The Balaban J connectivity index is 2.99. The lowest BCUT2D eigenvalue weighted by Gasteiger charge is -2.18. The number of methoxy groups -OCH3 is 2. The molecule has 0 saturated carbocycles. The van der Waals surface area contributed by atoms with Gasteiger partial charge in [-0.3, -0.25) is 0 Å². The molecule has 0 heterocycles. The molecular weight excluding hydrogens is 242 g/mol. The molecule has 4 nitrogen and oxygen atoms in total. The molecular formula is C15H25NO3. The second kappa shape index (κ2) is 7.89. The lowest BCUT2D eigenvalue weighted by atomic mass is 10.1. The van der Waals surface area contributed by atoms with Gasteiger partial charge in [-0.05, 0) is 30.7 Å². The van der Waals surface area contributed by atoms with E-state index in [-0.39, 0.29) is 0 Å². The van der Waals surface area contributed by atoms with E-state index in [2.05, 4.69) is 19.2 Å². The number of nitrogens with one attached hydrogen (secondary N) is 1. The van der Waals surface area contributed by atoms with E-state index in [9.17, 15) is 0 Å². The first kappa shape index (κ1) is 15.6. The van der Waals surface area contributed by atoms with Crippen LogP contribution in [0.15, 0.2) is 12.1 Å². The van der Waals surface area contributed by atoms with Gasteiger partial charge in [-0.25, -0.2) is 0 Å². The third-order valence-electron chi connectivity index (χ3n) is 3.11. The van der Waals surface area contributed by atoms with Gasteiger partial charge in [0.05, 0.1) is 20.8 Å². The van der Waals surface area contributed by atoms with Gasteiger partial charge in [0.25, 0.3) is 0 Å². The summed E-state index contributed by atoms with van der Waals surface area (Å²) >= 11 is 0. The van der Waals surface area contributed by atoms with Crippen LogP contribution in [-0.2, 0) is 6.54 Å². The molecule has 1 rings (SSSR count). The van der Waals surface area contributed by atoms with Crippen molar-refractivity contribution in [1.29, 1.82) is 0 Å². The first-order valence-corrected chi connectivity index (χ1v) is 6.68. The standard InChI is InChI=1S/C15H25NO3/c1-6-11(2)10-19-15-13(17-4)7-12(9-16-3)8-14(15)18-5/h7-8,11,16H,6,9-10H2,1-5H3. The van der Waals surface area contributed by atoms with Gasteiger partial charge in [-0.15, -0.1) is 0 Å². The first-order valence-electron chi connectivity index (χ1n) is 6.68. The largest absolute Gasteiger partial charge is 0.493 e. The van der Waals surface area contributed by atoms with Crippen LogP contribution in [0.2, 0.25) is 0 Å². The maximum absolute atomic E-state index is 5.87. The van der Waals surface area contributed by atoms with Crippen LogP contribution in [0.1, 0.15) is 25.8 Å². The zero-order valence-corrected chi connectivity index (χ0v) is 12.6. The van der Waals surface area contributed by atoms with E-state index >= 15 is 0 Å². The quantitative estimate of drug-likeness (QED) is 0.786. The highest BCUT2D eigenvalue weighted by Gasteiger charge is 2.15. The molecule has 19 heavy (non-hydrogen) atoms. The van der Waals surface area contributed by atoms with Crippen LogP contribution in [0.4, 0.5) is 0 Å². The van der Waals surface area contributed by atoms with Gasteiger partial charge in [0, 0.05) is 6.54 Å². The van der Waals surface area contributed by atoms with Crippen molar-refractivity contribution in [2.75, 3.05) is 27.9 Å². The zero-order chi connectivity index (χ0) is 14.3. The number of ether oxygens (including phenoxy) is 3. The molecule has 1 N–H and O–H groups in total. The lowest BCUT2D eigenvalue weighted by molar-refractivity contribution is 0.232. The molecule has 0 aliphatic rings. The van der Waals surface area contributed by atoms with Crippen molar-refractivity contribution in [3.63, 3.8) is 0 Å². The number of rotatable bonds is 8. The number of hydrogen-bond acceptors (Lipinski definition) is 4. The van der Waals surface area contributed by atoms with Gasteiger partial charge in [0.15, 0.2) is 11.5 Å². The Morgan fingerprint density at radius 2 is 1.74 bits per heavy atom. The summed E-state index contributed by atoms with van der Waals surface area (Å²) in [6.07, 6.45) is 1.09. The van der Waals surface area contributed by atoms with Gasteiger partial charge in [-0.1, -0.05) is 20.3 Å². The molecule has 108 valence electrons. The molecule has 1 aromatic carbocycles. The normalized spacial score (nSPS) is 12.1. The first-order chi connectivity index (χ1) is 9.15. The summed E-state index contributed by atoms with van der Waals surface area (Å²) in [4.78, 5) is 0. The van der Waals surface area contributed by atoms with E-state index < -0.39 is 0 Å². The highest BCUT2D eigenvalue weighted by atomic mass is 16.5. The fraction of sp³-hybridized carbons (Fsp3) is 0.600. The molecule has 0 radical (unpaired) electrons. The Hall–Kier alpha value is -1.42. The summed E-state index contributed by atoms with van der Waals surface area (Å²) in [7, 11) is 5.20. The summed E-state index contributed by atoms with van der Waals surface area (Å²) in [5.41, 5.74) is 1.10.